The van der Waals surface area contributed by atoms with Crippen molar-refractivity contribution in [1.29, 1.82) is 0 Å². The summed E-state index contributed by atoms with van der Waals surface area (Å²) in [5, 5.41) is 1.49. The van der Waals surface area contributed by atoms with E-state index in [9.17, 15) is 0 Å². The molecule has 0 fully saturated rings. The van der Waals surface area contributed by atoms with Gasteiger partial charge in [-0.2, -0.15) is 0 Å². The average Bonchev–Trinajstić information content (AvgIpc) is 2.71. The first-order valence-corrected chi connectivity index (χ1v) is 9.16. The largest absolute Gasteiger partial charge is 0.497 e. The van der Waals surface area contributed by atoms with Gasteiger partial charge in [0.05, 0.1) is 7.11 Å². The summed E-state index contributed by atoms with van der Waals surface area (Å²) in [4.78, 5) is 13.5. The number of rotatable bonds is 5. The molecule has 0 aliphatic rings. The minimum atomic E-state index is 0.374. The van der Waals surface area contributed by atoms with Crippen LogP contribution in [0.25, 0.3) is 22.4 Å². The van der Waals surface area contributed by atoms with Crippen molar-refractivity contribution in [3.8, 4) is 23.0 Å². The highest BCUT2D eigenvalue weighted by Gasteiger charge is 2.11. The van der Waals surface area contributed by atoms with Crippen LogP contribution in [0, 0.1) is 6.92 Å². The van der Waals surface area contributed by atoms with Gasteiger partial charge in [0.1, 0.15) is 29.3 Å². The predicted octanol–water partition coefficient (Wildman–Crippen LogP) is 5.24. The number of fused-ring (bicyclic) bond motifs is 1. The van der Waals surface area contributed by atoms with Gasteiger partial charge in [-0.1, -0.05) is 29.8 Å². The number of ether oxygens (including phenoxy) is 2. The molecule has 2 heterocycles. The fraction of sp³-hybridized carbons (Fsp3) is 0.136. The van der Waals surface area contributed by atoms with Crippen LogP contribution >= 0.6 is 11.6 Å². The van der Waals surface area contributed by atoms with Crippen LogP contribution in [0.2, 0.25) is 5.02 Å². The van der Waals surface area contributed by atoms with Crippen LogP contribution in [0.15, 0.2) is 60.8 Å². The van der Waals surface area contributed by atoms with Crippen LogP contribution in [0.5, 0.6) is 11.5 Å². The van der Waals surface area contributed by atoms with Gasteiger partial charge in [-0.25, -0.2) is 15.0 Å². The maximum absolute atomic E-state index is 6.28. The van der Waals surface area contributed by atoms with Crippen molar-refractivity contribution >= 4 is 22.5 Å². The Morgan fingerprint density at radius 1 is 1.00 bits per heavy atom. The molecule has 0 aliphatic heterocycles. The van der Waals surface area contributed by atoms with Crippen LogP contribution in [-0.4, -0.2) is 22.1 Å². The lowest BCUT2D eigenvalue weighted by Gasteiger charge is -2.11. The zero-order valence-corrected chi connectivity index (χ0v) is 16.3. The molecule has 28 heavy (non-hydrogen) atoms. The van der Waals surface area contributed by atoms with E-state index in [-0.39, 0.29) is 0 Å². The summed E-state index contributed by atoms with van der Waals surface area (Å²) >= 11 is 6.28. The molecule has 0 atom stereocenters. The van der Waals surface area contributed by atoms with E-state index in [4.69, 9.17) is 26.1 Å². The zero-order chi connectivity index (χ0) is 19.5. The van der Waals surface area contributed by atoms with Crippen molar-refractivity contribution in [2.75, 3.05) is 7.11 Å². The third-order valence-corrected chi connectivity index (χ3v) is 4.49. The third-order valence-electron chi connectivity index (χ3n) is 4.27. The molecule has 0 radical (unpaired) electrons. The number of aromatic nitrogens is 3. The summed E-state index contributed by atoms with van der Waals surface area (Å²) < 4.78 is 11.3. The van der Waals surface area contributed by atoms with Gasteiger partial charge in [0.2, 0.25) is 0 Å². The number of hydrogen-bond acceptors (Lipinski definition) is 5. The highest BCUT2D eigenvalue weighted by atomic mass is 35.5. The Morgan fingerprint density at radius 3 is 2.71 bits per heavy atom. The SMILES string of the molecule is COc1cccc(COc2cc(Cl)cc3ccc(-c4nccc(C)n4)nc23)c1. The van der Waals surface area contributed by atoms with Gasteiger partial charge in [-0.3, -0.25) is 0 Å². The quantitative estimate of drug-likeness (QED) is 0.465. The predicted molar refractivity (Wildman–Crippen MR) is 110 cm³/mol. The molecule has 0 bridgehead atoms. The highest BCUT2D eigenvalue weighted by Crippen LogP contribution is 2.31. The lowest BCUT2D eigenvalue weighted by atomic mass is 10.1. The van der Waals surface area contributed by atoms with E-state index >= 15 is 0 Å². The first-order chi connectivity index (χ1) is 13.6. The molecule has 0 aliphatic carbocycles. The van der Waals surface area contributed by atoms with Gasteiger partial charge in [-0.15, -0.1) is 0 Å². The fourth-order valence-corrected chi connectivity index (χ4v) is 3.11. The second kappa shape index (κ2) is 7.82. The van der Waals surface area contributed by atoms with Gasteiger partial charge in [0.15, 0.2) is 5.82 Å². The van der Waals surface area contributed by atoms with E-state index in [1.807, 2.05) is 55.5 Å². The molecule has 0 N–H and O–H groups in total. The minimum Gasteiger partial charge on any atom is -0.497 e. The van der Waals surface area contributed by atoms with E-state index in [1.54, 1.807) is 19.4 Å². The van der Waals surface area contributed by atoms with Crippen LogP contribution in [0.4, 0.5) is 0 Å². The standard InChI is InChI=1S/C22H18ClN3O2/c1-14-8-9-24-22(25-14)19-7-6-16-11-17(23)12-20(21(16)26-19)28-13-15-4-3-5-18(10-15)27-2/h3-12H,13H2,1-2H3. The number of benzene rings is 2. The summed E-state index contributed by atoms with van der Waals surface area (Å²) in [5.74, 6) is 1.98. The van der Waals surface area contributed by atoms with Crippen LogP contribution in [-0.2, 0) is 6.61 Å². The molecule has 5 nitrogen and oxygen atoms in total. The molecule has 0 unspecified atom stereocenters. The Labute approximate surface area is 168 Å². The molecule has 4 rings (SSSR count). The normalized spacial score (nSPS) is 10.8. The van der Waals surface area contributed by atoms with Crippen molar-refractivity contribution in [1.82, 2.24) is 15.0 Å². The number of methoxy groups -OCH3 is 1. The first kappa shape index (κ1) is 18.2. The summed E-state index contributed by atoms with van der Waals surface area (Å²) in [6.07, 6.45) is 1.73. The van der Waals surface area contributed by atoms with Crippen LogP contribution in [0.1, 0.15) is 11.3 Å². The molecule has 2 aromatic heterocycles. The van der Waals surface area contributed by atoms with E-state index in [2.05, 4.69) is 9.97 Å². The Kier molecular flexibility index (Phi) is 5.08. The third kappa shape index (κ3) is 3.89. The topological polar surface area (TPSA) is 57.1 Å². The second-order valence-corrected chi connectivity index (χ2v) is 6.77. The van der Waals surface area contributed by atoms with Gasteiger partial charge in [-0.05, 0) is 42.8 Å². The fourth-order valence-electron chi connectivity index (χ4n) is 2.90. The van der Waals surface area contributed by atoms with Gasteiger partial charge >= 0.3 is 0 Å². The summed E-state index contributed by atoms with van der Waals surface area (Å²) in [7, 11) is 1.64. The van der Waals surface area contributed by atoms with Crippen molar-refractivity contribution in [3.05, 3.63) is 77.1 Å². The Morgan fingerprint density at radius 2 is 1.89 bits per heavy atom. The molecule has 0 saturated heterocycles. The lowest BCUT2D eigenvalue weighted by Crippen LogP contribution is -1.99. The molecule has 2 aromatic carbocycles. The summed E-state index contributed by atoms with van der Waals surface area (Å²) in [6.45, 7) is 2.30. The van der Waals surface area contributed by atoms with Gasteiger partial charge < -0.3 is 9.47 Å². The summed E-state index contributed by atoms with van der Waals surface area (Å²) in [6, 6.07) is 17.1. The van der Waals surface area contributed by atoms with Crippen LogP contribution in [0.3, 0.4) is 0 Å². The smallest absolute Gasteiger partial charge is 0.178 e. The lowest BCUT2D eigenvalue weighted by molar-refractivity contribution is 0.308. The highest BCUT2D eigenvalue weighted by molar-refractivity contribution is 6.31. The maximum Gasteiger partial charge on any atom is 0.178 e. The number of halogens is 1. The number of nitrogens with zero attached hydrogens (tertiary/aromatic N) is 3. The molecule has 6 heteroatoms. The van der Waals surface area contributed by atoms with Crippen LogP contribution < -0.4 is 9.47 Å². The van der Waals surface area contributed by atoms with Crippen molar-refractivity contribution in [2.24, 2.45) is 0 Å². The van der Waals surface area contributed by atoms with E-state index in [0.29, 0.717) is 28.9 Å². The maximum atomic E-state index is 6.28. The molecule has 0 amide bonds. The van der Waals surface area contributed by atoms with E-state index in [1.165, 1.54) is 0 Å². The van der Waals surface area contributed by atoms with E-state index in [0.717, 1.165) is 27.9 Å². The van der Waals surface area contributed by atoms with Crippen molar-refractivity contribution in [2.45, 2.75) is 13.5 Å². The van der Waals surface area contributed by atoms with Crippen molar-refractivity contribution < 1.29 is 9.47 Å². The molecular formula is C22H18ClN3O2. The summed E-state index contributed by atoms with van der Waals surface area (Å²) in [5.41, 5.74) is 3.28. The molecule has 0 spiro atoms. The number of pyridine rings is 1. The van der Waals surface area contributed by atoms with Gasteiger partial charge in [0.25, 0.3) is 0 Å². The molecule has 0 saturated carbocycles. The minimum absolute atomic E-state index is 0.374. The monoisotopic (exact) mass is 391 g/mol. The Hall–Kier alpha value is -3.18. The number of aryl methyl sites for hydroxylation is 1. The second-order valence-electron chi connectivity index (χ2n) is 6.33. The Bertz CT molecular complexity index is 1150. The molecular weight excluding hydrogens is 374 g/mol. The van der Waals surface area contributed by atoms with Gasteiger partial charge in [0, 0.05) is 28.4 Å². The Balaban J connectivity index is 1.71. The first-order valence-electron chi connectivity index (χ1n) is 8.78. The van der Waals surface area contributed by atoms with E-state index < -0.39 is 0 Å². The zero-order valence-electron chi connectivity index (χ0n) is 15.5. The molecule has 140 valence electrons. The average molecular weight is 392 g/mol. The van der Waals surface area contributed by atoms with Crippen molar-refractivity contribution in [3.63, 3.8) is 0 Å². The number of hydrogen-bond donors (Lipinski definition) is 0. The molecule has 4 aromatic rings.